The molecule has 1 aromatic heterocycles. The first kappa shape index (κ1) is 9.85. The third-order valence-electron chi connectivity index (χ3n) is 2.87. The third-order valence-corrected chi connectivity index (χ3v) is 2.87. The molecule has 0 bridgehead atoms. The van der Waals surface area contributed by atoms with Crippen molar-refractivity contribution < 1.29 is 4.73 Å². The molecule has 82 valence electrons. The van der Waals surface area contributed by atoms with E-state index >= 15 is 0 Å². The minimum Gasteiger partial charge on any atom is -0.618 e. The molecule has 2 nitrogen and oxygen atoms in total. The fraction of sp³-hybridized carbons (Fsp3) is 0. The minimum atomic E-state index is 0.679. The molecule has 0 spiro atoms. The zero-order valence-electron chi connectivity index (χ0n) is 9.21. The van der Waals surface area contributed by atoms with E-state index in [1.807, 2.05) is 42.5 Å². The van der Waals surface area contributed by atoms with Crippen LogP contribution in [0.1, 0.15) is 0 Å². The van der Waals surface area contributed by atoms with Gasteiger partial charge in [-0.1, -0.05) is 30.3 Å². The van der Waals surface area contributed by atoms with Gasteiger partial charge in [-0.3, -0.25) is 0 Å². The van der Waals surface area contributed by atoms with Crippen molar-refractivity contribution in [2.24, 2.45) is 0 Å². The van der Waals surface area contributed by atoms with Gasteiger partial charge in [-0.2, -0.15) is 4.73 Å². The van der Waals surface area contributed by atoms with Gasteiger partial charge in [0.25, 0.3) is 0 Å². The van der Waals surface area contributed by atoms with Crippen LogP contribution in [0.3, 0.4) is 0 Å². The molecule has 2 aromatic carbocycles. The van der Waals surface area contributed by atoms with Gasteiger partial charge in [-0.25, -0.2) is 0 Å². The molecule has 17 heavy (non-hydrogen) atoms. The van der Waals surface area contributed by atoms with Crippen LogP contribution in [0.4, 0.5) is 0 Å². The number of benzene rings is 2. The van der Waals surface area contributed by atoms with Gasteiger partial charge >= 0.3 is 0 Å². The Morgan fingerprint density at radius 1 is 0.765 bits per heavy atom. The molecule has 0 saturated carbocycles. The summed E-state index contributed by atoms with van der Waals surface area (Å²) < 4.78 is 0.893. The van der Waals surface area contributed by atoms with E-state index in [1.165, 1.54) is 11.6 Å². The van der Waals surface area contributed by atoms with Crippen molar-refractivity contribution in [3.8, 4) is 11.3 Å². The highest BCUT2D eigenvalue weighted by Gasteiger charge is 2.07. The van der Waals surface area contributed by atoms with Crippen LogP contribution < -0.4 is 4.73 Å². The van der Waals surface area contributed by atoms with E-state index in [0.717, 1.165) is 15.7 Å². The number of nitrogens with zero attached hydrogens (tertiary/aromatic N) is 1. The molecule has 0 aliphatic heterocycles. The molecule has 3 aromatic rings. The van der Waals surface area contributed by atoms with Gasteiger partial charge in [-0.15, -0.1) is 0 Å². The normalized spacial score (nSPS) is 10.6. The monoisotopic (exact) mass is 221 g/mol. The lowest BCUT2D eigenvalue weighted by Gasteiger charge is -2.05. The number of pyridine rings is 1. The van der Waals surface area contributed by atoms with Crippen molar-refractivity contribution in [1.29, 1.82) is 0 Å². The summed E-state index contributed by atoms with van der Waals surface area (Å²) in [6.07, 6.45) is 1.52. The summed E-state index contributed by atoms with van der Waals surface area (Å²) in [5.74, 6) is 0. The second-order valence-corrected chi connectivity index (χ2v) is 3.97. The molecule has 3 rings (SSSR count). The Labute approximate surface area is 99.3 Å². The lowest BCUT2D eigenvalue weighted by molar-refractivity contribution is -0.593. The van der Waals surface area contributed by atoms with E-state index in [-0.39, 0.29) is 0 Å². The largest absolute Gasteiger partial charge is 0.618 e. The first-order valence-corrected chi connectivity index (χ1v) is 5.52. The van der Waals surface area contributed by atoms with Gasteiger partial charge in [0.2, 0.25) is 5.69 Å². The van der Waals surface area contributed by atoms with Gasteiger partial charge in [0.15, 0.2) is 6.20 Å². The average molecular weight is 221 g/mol. The Morgan fingerprint density at radius 2 is 1.53 bits per heavy atom. The van der Waals surface area contributed by atoms with Gasteiger partial charge in [-0.05, 0) is 29.0 Å². The number of aromatic nitrogens is 1. The maximum Gasteiger partial charge on any atom is 0.223 e. The van der Waals surface area contributed by atoms with Crippen LogP contribution in [0.5, 0.6) is 0 Å². The molecule has 0 aliphatic rings. The van der Waals surface area contributed by atoms with E-state index in [0.29, 0.717) is 5.69 Å². The number of rotatable bonds is 1. The fourth-order valence-electron chi connectivity index (χ4n) is 2.00. The first-order chi connectivity index (χ1) is 8.34. The molecule has 2 heteroatoms. The summed E-state index contributed by atoms with van der Waals surface area (Å²) >= 11 is 0. The molecule has 0 amide bonds. The summed E-state index contributed by atoms with van der Waals surface area (Å²) in [6, 6.07) is 19.6. The maximum absolute atomic E-state index is 11.7. The van der Waals surface area contributed by atoms with Crippen molar-refractivity contribution >= 4 is 10.8 Å². The van der Waals surface area contributed by atoms with Crippen LogP contribution in [0.2, 0.25) is 0 Å². The lowest BCUT2D eigenvalue weighted by atomic mass is 10.0. The molecular weight excluding hydrogens is 210 g/mol. The Hall–Kier alpha value is -2.35. The fourth-order valence-corrected chi connectivity index (χ4v) is 2.00. The van der Waals surface area contributed by atoms with Crippen LogP contribution in [0.15, 0.2) is 66.9 Å². The first-order valence-electron chi connectivity index (χ1n) is 5.52. The standard InChI is InChI=1S/C15H11NO/c17-16-10-4-3-7-15(16)14-9-8-12-5-1-2-6-13(12)11-14/h1-11H. The smallest absolute Gasteiger partial charge is 0.223 e. The number of fused-ring (bicyclic) bond motifs is 1. The third kappa shape index (κ3) is 1.74. The number of hydrogen-bond acceptors (Lipinski definition) is 1. The van der Waals surface area contributed by atoms with E-state index in [2.05, 4.69) is 12.1 Å². The Morgan fingerprint density at radius 3 is 2.35 bits per heavy atom. The summed E-state index contributed by atoms with van der Waals surface area (Å²) in [6.45, 7) is 0. The van der Waals surface area contributed by atoms with Gasteiger partial charge in [0, 0.05) is 17.7 Å². The van der Waals surface area contributed by atoms with Crippen molar-refractivity contribution in [3.05, 3.63) is 72.1 Å². The molecule has 0 unspecified atom stereocenters. The predicted octanol–water partition coefficient (Wildman–Crippen LogP) is 3.14. The van der Waals surface area contributed by atoms with Gasteiger partial charge in [0.1, 0.15) is 0 Å². The van der Waals surface area contributed by atoms with Gasteiger partial charge in [0.05, 0.1) is 0 Å². The van der Waals surface area contributed by atoms with E-state index < -0.39 is 0 Å². The lowest BCUT2D eigenvalue weighted by Crippen LogP contribution is -2.27. The second-order valence-electron chi connectivity index (χ2n) is 3.97. The minimum absolute atomic E-state index is 0.679. The van der Waals surface area contributed by atoms with Crippen LogP contribution in [0, 0.1) is 5.21 Å². The molecular formula is C15H11NO. The second kappa shape index (κ2) is 3.91. The Bertz CT molecular complexity index is 676. The predicted molar refractivity (Wildman–Crippen MR) is 68.3 cm³/mol. The summed E-state index contributed by atoms with van der Waals surface area (Å²) in [5, 5.41) is 14.0. The highest BCUT2D eigenvalue weighted by molar-refractivity contribution is 5.86. The van der Waals surface area contributed by atoms with E-state index in [4.69, 9.17) is 0 Å². The quantitative estimate of drug-likeness (QED) is 0.458. The van der Waals surface area contributed by atoms with Crippen molar-refractivity contribution in [1.82, 2.24) is 0 Å². The summed E-state index contributed by atoms with van der Waals surface area (Å²) in [5.41, 5.74) is 1.62. The highest BCUT2D eigenvalue weighted by atomic mass is 16.5. The SMILES string of the molecule is [O-][n+]1ccccc1-c1ccc2ccccc2c1. The van der Waals surface area contributed by atoms with Crippen molar-refractivity contribution in [2.75, 3.05) is 0 Å². The molecule has 1 heterocycles. The van der Waals surface area contributed by atoms with E-state index in [9.17, 15) is 5.21 Å². The summed E-state index contributed by atoms with van der Waals surface area (Å²) in [7, 11) is 0. The topological polar surface area (TPSA) is 26.9 Å². The molecule has 0 N–H and O–H groups in total. The molecule has 0 saturated heterocycles. The average Bonchev–Trinajstić information content (AvgIpc) is 2.39. The van der Waals surface area contributed by atoms with Crippen molar-refractivity contribution in [2.45, 2.75) is 0 Å². The van der Waals surface area contributed by atoms with E-state index in [1.54, 1.807) is 6.07 Å². The summed E-state index contributed by atoms with van der Waals surface area (Å²) in [4.78, 5) is 0. The van der Waals surface area contributed by atoms with Crippen LogP contribution >= 0.6 is 0 Å². The molecule has 0 aliphatic carbocycles. The van der Waals surface area contributed by atoms with Gasteiger partial charge < -0.3 is 5.21 Å². The zero-order valence-corrected chi connectivity index (χ0v) is 9.21. The maximum atomic E-state index is 11.7. The van der Waals surface area contributed by atoms with Crippen LogP contribution in [0.25, 0.3) is 22.0 Å². The molecule has 0 fully saturated rings. The highest BCUT2D eigenvalue weighted by Crippen LogP contribution is 2.21. The molecule has 0 atom stereocenters. The van der Waals surface area contributed by atoms with Crippen LogP contribution in [-0.2, 0) is 0 Å². The molecule has 0 radical (unpaired) electrons. The Balaban J connectivity index is 2.22. The van der Waals surface area contributed by atoms with Crippen LogP contribution in [-0.4, -0.2) is 0 Å². The zero-order chi connectivity index (χ0) is 11.7. The van der Waals surface area contributed by atoms with Crippen molar-refractivity contribution in [3.63, 3.8) is 0 Å². The Kier molecular flexibility index (Phi) is 2.26. The number of hydrogen-bond donors (Lipinski definition) is 0.